The van der Waals surface area contributed by atoms with Gasteiger partial charge in [-0.2, -0.15) is 4.31 Å². The van der Waals surface area contributed by atoms with E-state index in [2.05, 4.69) is 20.5 Å². The van der Waals surface area contributed by atoms with E-state index in [1.165, 1.54) is 0 Å². The molecular formula is C18H19N7O2S. The molecule has 0 spiro atoms. The summed E-state index contributed by atoms with van der Waals surface area (Å²) in [6, 6.07) is 12.9. The van der Waals surface area contributed by atoms with Gasteiger partial charge < -0.3 is 0 Å². The Bertz CT molecular complexity index is 1250. The van der Waals surface area contributed by atoms with Gasteiger partial charge in [-0.25, -0.2) is 13.1 Å². The fourth-order valence-corrected chi connectivity index (χ4v) is 5.45. The minimum atomic E-state index is -3.48. The number of benzene rings is 1. The van der Waals surface area contributed by atoms with Crippen molar-refractivity contribution in [3.8, 4) is 0 Å². The van der Waals surface area contributed by atoms with Crippen LogP contribution >= 0.6 is 0 Å². The molecule has 3 aromatic heterocycles. The third-order valence-corrected chi connectivity index (χ3v) is 7.03. The molecule has 5 rings (SSSR count). The average molecular weight is 397 g/mol. The zero-order valence-electron chi connectivity index (χ0n) is 15.1. The van der Waals surface area contributed by atoms with Crippen LogP contribution in [0.15, 0.2) is 48.7 Å². The quantitative estimate of drug-likeness (QED) is 0.508. The van der Waals surface area contributed by atoms with Gasteiger partial charge in [-0.3, -0.25) is 4.40 Å². The second-order valence-corrected chi connectivity index (χ2v) is 8.91. The van der Waals surface area contributed by atoms with Gasteiger partial charge in [0.25, 0.3) is 0 Å². The lowest BCUT2D eigenvalue weighted by atomic mass is 10.2. The molecule has 1 fully saturated rings. The van der Waals surface area contributed by atoms with Crippen molar-refractivity contribution in [3.63, 3.8) is 0 Å². The summed E-state index contributed by atoms with van der Waals surface area (Å²) in [5, 5.41) is 16.6. The standard InChI is InChI=1S/C18H19N7O2S/c26-28(27,13-12-24-15-7-2-1-6-14(15)19-22-24)25-11-5-8-16(25)18-21-20-17-9-3-4-10-23(17)18/h1-4,6-7,9-10,16H,5,8,11-13H2. The lowest BCUT2D eigenvalue weighted by Crippen LogP contribution is -2.34. The Morgan fingerprint density at radius 1 is 1.04 bits per heavy atom. The fourth-order valence-electron chi connectivity index (χ4n) is 3.82. The third-order valence-electron chi connectivity index (χ3n) is 5.18. The number of hydrogen-bond acceptors (Lipinski definition) is 6. The minimum Gasteiger partial charge on any atom is -0.285 e. The van der Waals surface area contributed by atoms with Gasteiger partial charge in [-0.1, -0.05) is 23.4 Å². The monoisotopic (exact) mass is 397 g/mol. The van der Waals surface area contributed by atoms with Crippen molar-refractivity contribution in [2.75, 3.05) is 12.3 Å². The molecule has 0 radical (unpaired) electrons. The maximum atomic E-state index is 13.1. The predicted octanol–water partition coefficient (Wildman–Crippen LogP) is 1.64. The first kappa shape index (κ1) is 17.3. The van der Waals surface area contributed by atoms with E-state index in [9.17, 15) is 8.42 Å². The molecule has 4 heterocycles. The molecule has 1 aliphatic rings. The molecule has 4 aromatic rings. The van der Waals surface area contributed by atoms with E-state index < -0.39 is 10.0 Å². The molecule has 0 bridgehead atoms. The van der Waals surface area contributed by atoms with Crippen LogP contribution in [0.2, 0.25) is 0 Å². The van der Waals surface area contributed by atoms with E-state index in [1.807, 2.05) is 53.1 Å². The number of pyridine rings is 1. The van der Waals surface area contributed by atoms with Gasteiger partial charge in [0.05, 0.1) is 23.9 Å². The van der Waals surface area contributed by atoms with Gasteiger partial charge in [0, 0.05) is 12.7 Å². The molecule has 0 amide bonds. The molecule has 9 nitrogen and oxygen atoms in total. The van der Waals surface area contributed by atoms with E-state index in [0.29, 0.717) is 12.4 Å². The summed E-state index contributed by atoms with van der Waals surface area (Å²) in [6.45, 7) is 0.750. The molecule has 28 heavy (non-hydrogen) atoms. The van der Waals surface area contributed by atoms with Crippen molar-refractivity contribution in [3.05, 3.63) is 54.5 Å². The van der Waals surface area contributed by atoms with Gasteiger partial charge in [0.1, 0.15) is 5.52 Å². The van der Waals surface area contributed by atoms with Crippen molar-refractivity contribution < 1.29 is 8.42 Å². The molecule has 1 atom stereocenters. The Morgan fingerprint density at radius 2 is 1.89 bits per heavy atom. The highest BCUT2D eigenvalue weighted by molar-refractivity contribution is 7.89. The number of aromatic nitrogens is 6. The molecule has 144 valence electrons. The van der Waals surface area contributed by atoms with Crippen LogP contribution in [0.25, 0.3) is 16.7 Å². The first-order valence-corrected chi connectivity index (χ1v) is 10.8. The van der Waals surface area contributed by atoms with Crippen molar-refractivity contribution in [1.82, 2.24) is 33.9 Å². The molecule has 0 N–H and O–H groups in total. The number of rotatable bonds is 5. The van der Waals surface area contributed by atoms with Gasteiger partial charge in [0.15, 0.2) is 11.5 Å². The molecule has 1 aliphatic heterocycles. The smallest absolute Gasteiger partial charge is 0.216 e. The molecule has 1 aromatic carbocycles. The highest BCUT2D eigenvalue weighted by Crippen LogP contribution is 2.33. The summed E-state index contributed by atoms with van der Waals surface area (Å²) in [7, 11) is -3.48. The lowest BCUT2D eigenvalue weighted by molar-refractivity contribution is 0.379. The van der Waals surface area contributed by atoms with Gasteiger partial charge in [0.2, 0.25) is 10.0 Å². The van der Waals surface area contributed by atoms with Crippen LogP contribution in [0.4, 0.5) is 0 Å². The molecular weight excluding hydrogens is 378 g/mol. The zero-order valence-corrected chi connectivity index (χ0v) is 15.9. The van der Waals surface area contributed by atoms with Crippen LogP contribution in [-0.2, 0) is 16.6 Å². The third kappa shape index (κ3) is 2.85. The van der Waals surface area contributed by atoms with Crippen molar-refractivity contribution in [2.24, 2.45) is 0 Å². The van der Waals surface area contributed by atoms with E-state index >= 15 is 0 Å². The fraction of sp³-hybridized carbons (Fsp3) is 0.333. The summed E-state index contributed by atoms with van der Waals surface area (Å²) in [6.07, 6.45) is 3.41. The van der Waals surface area contributed by atoms with E-state index in [-0.39, 0.29) is 18.3 Å². The Hall–Kier alpha value is -2.85. The Balaban J connectivity index is 1.40. The summed E-state index contributed by atoms with van der Waals surface area (Å²) in [5.41, 5.74) is 2.31. The Morgan fingerprint density at radius 3 is 2.82 bits per heavy atom. The zero-order chi connectivity index (χ0) is 19.1. The summed E-state index contributed by atoms with van der Waals surface area (Å²) in [4.78, 5) is 0. The van der Waals surface area contributed by atoms with Crippen molar-refractivity contribution in [1.29, 1.82) is 0 Å². The summed E-state index contributed by atoms with van der Waals surface area (Å²) < 4.78 is 31.3. The average Bonchev–Trinajstić information content (AvgIpc) is 3.43. The van der Waals surface area contributed by atoms with E-state index in [0.717, 1.165) is 29.5 Å². The van der Waals surface area contributed by atoms with Gasteiger partial charge in [-0.05, 0) is 37.1 Å². The summed E-state index contributed by atoms with van der Waals surface area (Å²) >= 11 is 0. The lowest BCUT2D eigenvalue weighted by Gasteiger charge is -2.22. The maximum Gasteiger partial charge on any atom is 0.216 e. The van der Waals surface area contributed by atoms with Crippen molar-refractivity contribution in [2.45, 2.75) is 25.4 Å². The van der Waals surface area contributed by atoms with E-state index in [1.54, 1.807) is 8.99 Å². The van der Waals surface area contributed by atoms with Gasteiger partial charge in [-0.15, -0.1) is 15.3 Å². The predicted molar refractivity (Wildman–Crippen MR) is 103 cm³/mol. The Kier molecular flexibility index (Phi) is 4.09. The van der Waals surface area contributed by atoms with E-state index in [4.69, 9.17) is 0 Å². The molecule has 1 unspecified atom stereocenters. The molecule has 0 aliphatic carbocycles. The second-order valence-electron chi connectivity index (χ2n) is 6.87. The topological polar surface area (TPSA) is 98.3 Å². The van der Waals surface area contributed by atoms with Crippen molar-refractivity contribution >= 4 is 26.7 Å². The minimum absolute atomic E-state index is 0.0341. The second kappa shape index (κ2) is 6.64. The first-order chi connectivity index (χ1) is 13.6. The van der Waals surface area contributed by atoms with Crippen LogP contribution < -0.4 is 0 Å². The highest BCUT2D eigenvalue weighted by Gasteiger charge is 2.37. The number of para-hydroxylation sites is 1. The number of hydrogen-bond donors (Lipinski definition) is 0. The normalized spacial score (nSPS) is 18.4. The SMILES string of the molecule is O=S(=O)(CCn1nnc2ccccc21)N1CCCC1c1nnc2ccccn12. The van der Waals surface area contributed by atoms with Crippen LogP contribution in [-0.4, -0.2) is 54.6 Å². The number of sulfonamides is 1. The number of nitrogens with zero attached hydrogens (tertiary/aromatic N) is 7. The molecule has 1 saturated heterocycles. The Labute approximate surface area is 161 Å². The number of aryl methyl sites for hydroxylation is 1. The maximum absolute atomic E-state index is 13.1. The van der Waals surface area contributed by atoms with Crippen LogP contribution in [0.5, 0.6) is 0 Å². The van der Waals surface area contributed by atoms with Crippen LogP contribution in [0, 0.1) is 0 Å². The van der Waals surface area contributed by atoms with Gasteiger partial charge >= 0.3 is 0 Å². The number of fused-ring (bicyclic) bond motifs is 2. The largest absolute Gasteiger partial charge is 0.285 e. The van der Waals surface area contributed by atoms with Crippen LogP contribution in [0.1, 0.15) is 24.7 Å². The summed E-state index contributed by atoms with van der Waals surface area (Å²) in [5.74, 6) is 0.635. The van der Waals surface area contributed by atoms with Crippen LogP contribution in [0.3, 0.4) is 0 Å². The first-order valence-electron chi connectivity index (χ1n) is 9.21. The highest BCUT2D eigenvalue weighted by atomic mass is 32.2. The molecule has 10 heteroatoms. The molecule has 0 saturated carbocycles.